The summed E-state index contributed by atoms with van der Waals surface area (Å²) < 4.78 is 10.8. The number of nitrogens with one attached hydrogen (secondary N) is 1. The summed E-state index contributed by atoms with van der Waals surface area (Å²) in [7, 11) is 1.58. The standard InChI is InChI=1S/C21H26N2O4/c1-5-26-17-8-10-18(11-9-17)27-14-21(25)23(4)13-20(24)22-19-12-15(2)6-7-16(19)3/h6-12H,5,13-14H2,1-4H3,(H,22,24). The molecule has 0 heterocycles. The molecule has 0 saturated carbocycles. The van der Waals surface area contributed by atoms with Gasteiger partial charge in [-0.3, -0.25) is 9.59 Å². The molecule has 1 N–H and O–H groups in total. The van der Waals surface area contributed by atoms with E-state index in [1.54, 1.807) is 31.3 Å². The summed E-state index contributed by atoms with van der Waals surface area (Å²) in [6, 6.07) is 12.9. The number of hydrogen-bond acceptors (Lipinski definition) is 4. The number of benzene rings is 2. The van der Waals surface area contributed by atoms with Crippen molar-refractivity contribution < 1.29 is 19.1 Å². The molecule has 0 radical (unpaired) electrons. The molecule has 0 aliphatic rings. The third-order valence-corrected chi connectivity index (χ3v) is 3.97. The Hall–Kier alpha value is -3.02. The van der Waals surface area contributed by atoms with Crippen LogP contribution in [-0.2, 0) is 9.59 Å². The molecule has 2 aromatic rings. The predicted octanol–water partition coefficient (Wildman–Crippen LogP) is 3.18. The first-order chi connectivity index (χ1) is 12.9. The summed E-state index contributed by atoms with van der Waals surface area (Å²) in [5, 5.41) is 2.84. The largest absolute Gasteiger partial charge is 0.494 e. The smallest absolute Gasteiger partial charge is 0.260 e. The Morgan fingerprint density at radius 2 is 1.63 bits per heavy atom. The van der Waals surface area contributed by atoms with E-state index < -0.39 is 0 Å². The van der Waals surface area contributed by atoms with Crippen molar-refractivity contribution in [2.75, 3.05) is 32.1 Å². The van der Waals surface area contributed by atoms with Crippen LogP contribution in [0.5, 0.6) is 11.5 Å². The number of rotatable bonds is 8. The third kappa shape index (κ3) is 6.33. The molecule has 0 aromatic heterocycles. The zero-order valence-corrected chi connectivity index (χ0v) is 16.2. The summed E-state index contributed by atoms with van der Waals surface area (Å²) in [6.45, 7) is 6.21. The molecule has 2 amide bonds. The van der Waals surface area contributed by atoms with Crippen LogP contribution in [0.4, 0.5) is 5.69 Å². The molecule has 2 rings (SSSR count). The SMILES string of the molecule is CCOc1ccc(OCC(=O)N(C)CC(=O)Nc2cc(C)ccc2C)cc1. The highest BCUT2D eigenvalue weighted by molar-refractivity contribution is 5.95. The van der Waals surface area contributed by atoms with Crippen LogP contribution in [0.15, 0.2) is 42.5 Å². The molecular weight excluding hydrogens is 344 g/mol. The molecule has 0 spiro atoms. The van der Waals surface area contributed by atoms with E-state index in [0.29, 0.717) is 12.4 Å². The minimum absolute atomic E-state index is 0.0428. The third-order valence-electron chi connectivity index (χ3n) is 3.97. The van der Waals surface area contributed by atoms with Crippen LogP contribution in [0, 0.1) is 13.8 Å². The molecule has 0 unspecified atom stereocenters. The van der Waals surface area contributed by atoms with Crippen LogP contribution in [-0.4, -0.2) is 43.5 Å². The quantitative estimate of drug-likeness (QED) is 0.775. The first-order valence-corrected chi connectivity index (χ1v) is 8.85. The van der Waals surface area contributed by atoms with Gasteiger partial charge in [-0.25, -0.2) is 0 Å². The van der Waals surface area contributed by atoms with E-state index in [4.69, 9.17) is 9.47 Å². The van der Waals surface area contributed by atoms with Gasteiger partial charge in [0.15, 0.2) is 6.61 Å². The van der Waals surface area contributed by atoms with Gasteiger partial charge in [-0.15, -0.1) is 0 Å². The molecule has 27 heavy (non-hydrogen) atoms. The number of likely N-dealkylation sites (N-methyl/N-ethyl adjacent to an activating group) is 1. The predicted molar refractivity (Wildman–Crippen MR) is 105 cm³/mol. The van der Waals surface area contributed by atoms with Crippen molar-refractivity contribution in [3.8, 4) is 11.5 Å². The van der Waals surface area contributed by atoms with Gasteiger partial charge in [0.2, 0.25) is 5.91 Å². The van der Waals surface area contributed by atoms with Crippen LogP contribution in [0.3, 0.4) is 0 Å². The molecular formula is C21H26N2O4. The lowest BCUT2D eigenvalue weighted by Gasteiger charge is -2.18. The van der Waals surface area contributed by atoms with Gasteiger partial charge >= 0.3 is 0 Å². The molecule has 2 aromatic carbocycles. The normalized spacial score (nSPS) is 10.2. The monoisotopic (exact) mass is 370 g/mol. The van der Waals surface area contributed by atoms with Crippen molar-refractivity contribution >= 4 is 17.5 Å². The van der Waals surface area contributed by atoms with Crippen molar-refractivity contribution in [3.05, 3.63) is 53.6 Å². The van der Waals surface area contributed by atoms with Gasteiger partial charge in [-0.05, 0) is 62.2 Å². The first kappa shape index (κ1) is 20.3. The second-order valence-electron chi connectivity index (χ2n) is 6.31. The summed E-state index contributed by atoms with van der Waals surface area (Å²) in [5.41, 5.74) is 2.79. The summed E-state index contributed by atoms with van der Waals surface area (Å²) in [6.07, 6.45) is 0. The highest BCUT2D eigenvalue weighted by Gasteiger charge is 2.14. The number of carbonyl (C=O) groups is 2. The van der Waals surface area contributed by atoms with Crippen molar-refractivity contribution in [2.24, 2.45) is 0 Å². The maximum Gasteiger partial charge on any atom is 0.260 e. The summed E-state index contributed by atoms with van der Waals surface area (Å²) in [5.74, 6) is 0.789. The van der Waals surface area contributed by atoms with E-state index in [2.05, 4.69) is 5.32 Å². The van der Waals surface area contributed by atoms with Crippen LogP contribution in [0.25, 0.3) is 0 Å². The van der Waals surface area contributed by atoms with E-state index in [1.807, 2.05) is 39.0 Å². The van der Waals surface area contributed by atoms with E-state index >= 15 is 0 Å². The van der Waals surface area contributed by atoms with Crippen molar-refractivity contribution in [1.29, 1.82) is 0 Å². The van der Waals surface area contributed by atoms with E-state index in [0.717, 1.165) is 22.6 Å². The summed E-state index contributed by atoms with van der Waals surface area (Å²) in [4.78, 5) is 25.7. The summed E-state index contributed by atoms with van der Waals surface area (Å²) >= 11 is 0. The molecule has 0 fully saturated rings. The van der Waals surface area contributed by atoms with Gasteiger partial charge in [0, 0.05) is 12.7 Å². The molecule has 0 aliphatic carbocycles. The molecule has 6 heteroatoms. The Balaban J connectivity index is 1.82. The highest BCUT2D eigenvalue weighted by Crippen LogP contribution is 2.18. The maximum absolute atomic E-state index is 12.2. The van der Waals surface area contributed by atoms with Crippen LogP contribution in [0.2, 0.25) is 0 Å². The maximum atomic E-state index is 12.2. The highest BCUT2D eigenvalue weighted by atomic mass is 16.5. The zero-order chi connectivity index (χ0) is 19.8. The molecule has 0 atom stereocenters. The average molecular weight is 370 g/mol. The second-order valence-corrected chi connectivity index (χ2v) is 6.31. The number of ether oxygens (including phenoxy) is 2. The average Bonchev–Trinajstić information content (AvgIpc) is 2.64. The Morgan fingerprint density at radius 1 is 1.00 bits per heavy atom. The minimum Gasteiger partial charge on any atom is -0.494 e. The lowest BCUT2D eigenvalue weighted by atomic mass is 10.1. The Labute approximate surface area is 160 Å². The van der Waals surface area contributed by atoms with E-state index in [-0.39, 0.29) is 25.0 Å². The molecule has 0 aliphatic heterocycles. The van der Waals surface area contributed by atoms with Gasteiger partial charge in [0.1, 0.15) is 11.5 Å². The fourth-order valence-electron chi connectivity index (χ4n) is 2.42. The van der Waals surface area contributed by atoms with Crippen molar-refractivity contribution in [2.45, 2.75) is 20.8 Å². The Kier molecular flexibility index (Phi) is 7.23. The first-order valence-electron chi connectivity index (χ1n) is 8.85. The van der Waals surface area contributed by atoms with Gasteiger partial charge < -0.3 is 19.7 Å². The van der Waals surface area contributed by atoms with Gasteiger partial charge in [0.25, 0.3) is 5.91 Å². The Bertz CT molecular complexity index is 787. The topological polar surface area (TPSA) is 67.9 Å². The lowest BCUT2D eigenvalue weighted by Crippen LogP contribution is -2.37. The molecule has 0 saturated heterocycles. The zero-order valence-electron chi connectivity index (χ0n) is 16.2. The van der Waals surface area contributed by atoms with Crippen LogP contribution >= 0.6 is 0 Å². The van der Waals surface area contributed by atoms with Gasteiger partial charge in [-0.2, -0.15) is 0 Å². The van der Waals surface area contributed by atoms with Crippen LogP contribution < -0.4 is 14.8 Å². The Morgan fingerprint density at radius 3 is 2.26 bits per heavy atom. The van der Waals surface area contributed by atoms with Crippen LogP contribution in [0.1, 0.15) is 18.1 Å². The minimum atomic E-state index is -0.278. The number of nitrogens with zero attached hydrogens (tertiary/aromatic N) is 1. The second kappa shape index (κ2) is 9.62. The van der Waals surface area contributed by atoms with Crippen molar-refractivity contribution in [1.82, 2.24) is 4.90 Å². The van der Waals surface area contributed by atoms with Gasteiger partial charge in [0.05, 0.1) is 13.2 Å². The van der Waals surface area contributed by atoms with E-state index in [1.165, 1.54) is 4.90 Å². The lowest BCUT2D eigenvalue weighted by molar-refractivity contribution is -0.135. The van der Waals surface area contributed by atoms with Gasteiger partial charge in [-0.1, -0.05) is 12.1 Å². The number of amides is 2. The molecule has 0 bridgehead atoms. The number of carbonyl (C=O) groups excluding carboxylic acids is 2. The van der Waals surface area contributed by atoms with Crippen molar-refractivity contribution in [3.63, 3.8) is 0 Å². The fraction of sp³-hybridized carbons (Fsp3) is 0.333. The number of anilines is 1. The number of hydrogen-bond donors (Lipinski definition) is 1. The molecule has 6 nitrogen and oxygen atoms in total. The van der Waals surface area contributed by atoms with E-state index in [9.17, 15) is 9.59 Å². The fourth-order valence-corrected chi connectivity index (χ4v) is 2.42. The molecule has 144 valence electrons. The number of aryl methyl sites for hydroxylation is 2.